The molecule has 0 radical (unpaired) electrons. The standard InChI is InChI=1S/C14H13F2I2NO5/c1-6(20)19-10-8(4-7(17)5-9(10)18)11(21)24-13(2,3)14(15,16)12(22)23/h4-5H,1-3H3,(H,19,20)(H,22,23). The Bertz CT molecular complexity index is 707. The van der Waals surface area contributed by atoms with Crippen LogP contribution in [0.25, 0.3) is 0 Å². The molecule has 0 spiro atoms. The zero-order chi connectivity index (χ0) is 18.9. The van der Waals surface area contributed by atoms with Gasteiger partial charge in [-0.15, -0.1) is 0 Å². The van der Waals surface area contributed by atoms with Crippen molar-refractivity contribution in [3.05, 3.63) is 24.8 Å². The molecule has 0 aliphatic rings. The Kier molecular flexibility index (Phi) is 6.52. The minimum atomic E-state index is -4.29. The summed E-state index contributed by atoms with van der Waals surface area (Å²) in [5.41, 5.74) is -2.62. The van der Waals surface area contributed by atoms with Crippen molar-refractivity contribution in [1.29, 1.82) is 0 Å². The van der Waals surface area contributed by atoms with Crippen LogP contribution in [0.3, 0.4) is 0 Å². The first-order valence-corrected chi connectivity index (χ1v) is 8.56. The predicted molar refractivity (Wildman–Crippen MR) is 98.3 cm³/mol. The molecule has 0 saturated carbocycles. The molecule has 1 rings (SSSR count). The van der Waals surface area contributed by atoms with Crippen LogP contribution in [0.15, 0.2) is 12.1 Å². The highest BCUT2D eigenvalue weighted by Crippen LogP contribution is 2.34. The first-order chi connectivity index (χ1) is 10.8. The third kappa shape index (κ3) is 4.52. The van der Waals surface area contributed by atoms with E-state index in [1.165, 1.54) is 13.0 Å². The van der Waals surface area contributed by atoms with Gasteiger partial charge < -0.3 is 15.2 Å². The summed E-state index contributed by atoms with van der Waals surface area (Å²) in [5.74, 6) is -8.31. The van der Waals surface area contributed by atoms with Crippen LogP contribution < -0.4 is 5.32 Å². The zero-order valence-corrected chi connectivity index (χ0v) is 17.1. The molecule has 1 aromatic carbocycles. The van der Waals surface area contributed by atoms with Gasteiger partial charge in [-0.1, -0.05) is 0 Å². The molecule has 24 heavy (non-hydrogen) atoms. The number of rotatable bonds is 5. The lowest BCUT2D eigenvalue weighted by atomic mass is 10.00. The molecule has 0 fully saturated rings. The molecule has 10 heteroatoms. The average Bonchev–Trinajstić information content (AvgIpc) is 2.40. The minimum absolute atomic E-state index is 0.114. The number of nitrogens with one attached hydrogen (secondary N) is 1. The van der Waals surface area contributed by atoms with E-state index in [0.29, 0.717) is 7.14 Å². The highest BCUT2D eigenvalue weighted by molar-refractivity contribution is 14.1. The van der Waals surface area contributed by atoms with Crippen molar-refractivity contribution < 1.29 is 33.0 Å². The number of carboxylic acid groups (broad SMARTS) is 1. The topological polar surface area (TPSA) is 92.7 Å². The number of carbonyl (C=O) groups is 3. The zero-order valence-electron chi connectivity index (χ0n) is 12.7. The lowest BCUT2D eigenvalue weighted by molar-refractivity contribution is -0.200. The molecule has 0 aliphatic heterocycles. The molecule has 1 amide bonds. The van der Waals surface area contributed by atoms with Gasteiger partial charge in [0.05, 0.1) is 11.3 Å². The Morgan fingerprint density at radius 2 is 1.75 bits per heavy atom. The van der Waals surface area contributed by atoms with Crippen molar-refractivity contribution in [2.75, 3.05) is 5.32 Å². The van der Waals surface area contributed by atoms with Crippen molar-refractivity contribution in [2.24, 2.45) is 0 Å². The second kappa shape index (κ2) is 7.45. The van der Waals surface area contributed by atoms with Gasteiger partial charge in [0.25, 0.3) is 0 Å². The van der Waals surface area contributed by atoms with E-state index in [4.69, 9.17) is 9.84 Å². The van der Waals surface area contributed by atoms with E-state index in [2.05, 4.69) is 5.32 Å². The average molecular weight is 567 g/mol. The molecule has 0 aliphatic carbocycles. The van der Waals surface area contributed by atoms with E-state index in [1.54, 1.807) is 6.07 Å². The van der Waals surface area contributed by atoms with E-state index in [9.17, 15) is 23.2 Å². The molecule has 1 aromatic rings. The Hall–Kier alpha value is -1.05. The fourth-order valence-corrected chi connectivity index (χ4v) is 3.63. The molecular formula is C14H13F2I2NO5. The Morgan fingerprint density at radius 1 is 1.21 bits per heavy atom. The van der Waals surface area contributed by atoms with E-state index in [0.717, 1.165) is 13.8 Å². The fraction of sp³-hybridized carbons (Fsp3) is 0.357. The normalized spacial score (nSPS) is 11.8. The number of ether oxygens (including phenoxy) is 1. The van der Waals surface area contributed by atoms with Crippen LogP contribution in [-0.4, -0.2) is 34.5 Å². The van der Waals surface area contributed by atoms with Gasteiger partial charge in [-0.25, -0.2) is 9.59 Å². The number of carboxylic acids is 1. The maximum atomic E-state index is 13.7. The predicted octanol–water partition coefficient (Wildman–Crippen LogP) is 3.51. The SMILES string of the molecule is CC(=O)Nc1c(I)cc(I)cc1C(=O)OC(C)(C)C(F)(F)C(=O)O. The molecule has 0 heterocycles. The van der Waals surface area contributed by atoms with E-state index >= 15 is 0 Å². The molecule has 0 unspecified atom stereocenters. The van der Waals surface area contributed by atoms with Crippen LogP contribution in [0.2, 0.25) is 0 Å². The molecule has 132 valence electrons. The number of alkyl halides is 2. The Balaban J connectivity index is 3.29. The maximum Gasteiger partial charge on any atom is 0.380 e. The summed E-state index contributed by atoms with van der Waals surface area (Å²) in [6.45, 7) is 2.83. The summed E-state index contributed by atoms with van der Waals surface area (Å²) in [4.78, 5) is 34.3. The number of benzene rings is 1. The first kappa shape index (κ1) is 21.0. The van der Waals surface area contributed by atoms with Gasteiger partial charge in [-0.3, -0.25) is 4.79 Å². The summed E-state index contributed by atoms with van der Waals surface area (Å²) >= 11 is 3.78. The van der Waals surface area contributed by atoms with Gasteiger partial charge >= 0.3 is 17.9 Å². The number of hydrogen-bond donors (Lipinski definition) is 2. The lowest BCUT2D eigenvalue weighted by Crippen LogP contribution is -2.51. The van der Waals surface area contributed by atoms with Crippen molar-refractivity contribution in [1.82, 2.24) is 0 Å². The van der Waals surface area contributed by atoms with Gasteiger partial charge in [0, 0.05) is 14.1 Å². The van der Waals surface area contributed by atoms with Gasteiger partial charge in [0.15, 0.2) is 5.60 Å². The molecule has 0 saturated heterocycles. The number of halogens is 4. The Morgan fingerprint density at radius 3 is 2.21 bits per heavy atom. The fourth-order valence-electron chi connectivity index (χ4n) is 1.65. The smallest absolute Gasteiger partial charge is 0.380 e. The molecular weight excluding hydrogens is 554 g/mol. The van der Waals surface area contributed by atoms with Crippen LogP contribution >= 0.6 is 45.2 Å². The minimum Gasteiger partial charge on any atom is -0.477 e. The van der Waals surface area contributed by atoms with Gasteiger partial charge in [0.1, 0.15) is 0 Å². The highest BCUT2D eigenvalue weighted by atomic mass is 127. The summed E-state index contributed by atoms with van der Waals surface area (Å²) in [6, 6.07) is 3.02. The monoisotopic (exact) mass is 567 g/mol. The number of aliphatic carboxylic acids is 1. The van der Waals surface area contributed by atoms with Gasteiger partial charge in [0.2, 0.25) is 5.91 Å². The van der Waals surface area contributed by atoms with Gasteiger partial charge in [-0.2, -0.15) is 8.78 Å². The van der Waals surface area contributed by atoms with Crippen molar-refractivity contribution in [2.45, 2.75) is 32.3 Å². The largest absolute Gasteiger partial charge is 0.477 e. The van der Waals surface area contributed by atoms with Crippen LogP contribution in [-0.2, 0) is 14.3 Å². The third-order valence-electron chi connectivity index (χ3n) is 2.95. The highest BCUT2D eigenvalue weighted by Gasteiger charge is 2.57. The number of hydrogen-bond acceptors (Lipinski definition) is 4. The number of amides is 1. The number of anilines is 1. The summed E-state index contributed by atoms with van der Waals surface area (Å²) in [7, 11) is 0. The van der Waals surface area contributed by atoms with Crippen LogP contribution in [0.4, 0.5) is 14.5 Å². The second-order valence-electron chi connectivity index (χ2n) is 5.27. The third-order valence-corrected chi connectivity index (χ3v) is 4.42. The van der Waals surface area contributed by atoms with Crippen molar-refractivity contribution >= 4 is 68.7 Å². The number of carbonyl (C=O) groups excluding carboxylic acids is 2. The van der Waals surface area contributed by atoms with E-state index in [-0.39, 0.29) is 11.3 Å². The lowest BCUT2D eigenvalue weighted by Gasteiger charge is -2.30. The maximum absolute atomic E-state index is 13.7. The van der Waals surface area contributed by atoms with Crippen LogP contribution in [0.1, 0.15) is 31.1 Å². The van der Waals surface area contributed by atoms with E-state index in [1.807, 2.05) is 45.2 Å². The molecule has 6 nitrogen and oxygen atoms in total. The van der Waals surface area contributed by atoms with Crippen LogP contribution in [0, 0.1) is 7.14 Å². The molecule has 0 bridgehead atoms. The van der Waals surface area contributed by atoms with Crippen molar-refractivity contribution in [3.63, 3.8) is 0 Å². The molecule has 0 atom stereocenters. The van der Waals surface area contributed by atoms with Crippen LogP contribution in [0.5, 0.6) is 0 Å². The quantitative estimate of drug-likeness (QED) is 0.420. The Labute approximate surface area is 163 Å². The summed E-state index contributed by atoms with van der Waals surface area (Å²) in [5, 5.41) is 11.1. The van der Waals surface area contributed by atoms with Crippen molar-refractivity contribution in [3.8, 4) is 0 Å². The molecule has 0 aromatic heterocycles. The first-order valence-electron chi connectivity index (χ1n) is 6.40. The van der Waals surface area contributed by atoms with E-state index < -0.39 is 29.4 Å². The summed E-state index contributed by atoms with van der Waals surface area (Å²) < 4.78 is 33.3. The summed E-state index contributed by atoms with van der Waals surface area (Å²) in [6.07, 6.45) is 0. The van der Waals surface area contributed by atoms with Gasteiger partial charge in [-0.05, 0) is 71.2 Å². The number of esters is 1. The second-order valence-corrected chi connectivity index (χ2v) is 7.68. The molecule has 2 N–H and O–H groups in total.